The molecule has 33 heavy (non-hydrogen) atoms. The van der Waals surface area contributed by atoms with E-state index < -0.39 is 35.3 Å². The molecule has 0 unspecified atom stereocenters. The number of ether oxygens (including phenoxy) is 1. The summed E-state index contributed by atoms with van der Waals surface area (Å²) in [5.74, 6) is -4.85. The Kier molecular flexibility index (Phi) is 3.76. The van der Waals surface area contributed by atoms with Crippen LogP contribution in [0.1, 0.15) is 47.6 Å². The number of rotatable bonds is 1. The van der Waals surface area contributed by atoms with Crippen molar-refractivity contribution >= 4 is 22.6 Å². The molecule has 1 aliphatic carbocycles. The van der Waals surface area contributed by atoms with Gasteiger partial charge in [-0.2, -0.15) is 0 Å². The van der Waals surface area contributed by atoms with Crippen molar-refractivity contribution < 1.29 is 27.8 Å². The molecule has 0 bridgehead atoms. The molecule has 1 aromatic carbocycles. The maximum absolute atomic E-state index is 15.2. The summed E-state index contributed by atoms with van der Waals surface area (Å²) in [5.41, 5.74) is 3.75. The van der Waals surface area contributed by atoms with E-state index in [4.69, 9.17) is 10.5 Å². The number of carbonyl (C=O) groups is 1. The van der Waals surface area contributed by atoms with E-state index in [0.717, 1.165) is 6.07 Å². The van der Waals surface area contributed by atoms with Crippen LogP contribution < -0.4 is 11.3 Å². The second-order valence-electron chi connectivity index (χ2n) is 8.77. The lowest BCUT2D eigenvalue weighted by Gasteiger charge is -2.31. The van der Waals surface area contributed by atoms with Crippen LogP contribution in [0.2, 0.25) is 0 Å². The lowest BCUT2D eigenvalue weighted by atomic mass is 9.83. The Labute approximate surface area is 184 Å². The van der Waals surface area contributed by atoms with Crippen molar-refractivity contribution in [3.05, 3.63) is 56.1 Å². The number of fused-ring (bicyclic) bond motifs is 5. The van der Waals surface area contributed by atoms with Crippen LogP contribution in [0.3, 0.4) is 0 Å². The number of hydrogen-bond acceptors (Lipinski definition) is 6. The third-order valence-corrected chi connectivity index (χ3v) is 7.13. The van der Waals surface area contributed by atoms with Gasteiger partial charge in [-0.3, -0.25) is 4.79 Å². The zero-order chi connectivity index (χ0) is 23.4. The van der Waals surface area contributed by atoms with Crippen LogP contribution in [0.4, 0.5) is 18.9 Å². The van der Waals surface area contributed by atoms with Crippen LogP contribution >= 0.6 is 0 Å². The van der Waals surface area contributed by atoms with Crippen LogP contribution in [0.15, 0.2) is 16.9 Å². The monoisotopic (exact) mass is 457 g/mol. The number of aromatic nitrogens is 2. The fourth-order valence-corrected chi connectivity index (χ4v) is 5.37. The van der Waals surface area contributed by atoms with Crippen molar-refractivity contribution in [1.29, 1.82) is 0 Å². The number of hydrogen-bond donors (Lipinski definition) is 2. The van der Waals surface area contributed by atoms with Crippen molar-refractivity contribution in [1.82, 2.24) is 9.55 Å². The van der Waals surface area contributed by atoms with Crippen LogP contribution in [0, 0.1) is 5.82 Å². The van der Waals surface area contributed by atoms with E-state index in [1.54, 1.807) is 6.92 Å². The van der Waals surface area contributed by atoms with E-state index >= 15 is 8.78 Å². The number of cyclic esters (lactones) is 1. The number of nitrogen functional groups attached to an aromatic ring is 1. The Hall–Kier alpha value is -3.40. The van der Waals surface area contributed by atoms with Gasteiger partial charge in [0.25, 0.3) is 11.5 Å². The number of aryl methyl sites for hydroxylation is 1. The predicted octanol–water partition coefficient (Wildman–Crippen LogP) is 2.84. The van der Waals surface area contributed by atoms with E-state index in [1.165, 1.54) is 10.6 Å². The highest BCUT2D eigenvalue weighted by Gasteiger charge is 2.47. The standard InChI is InChI=1S/C23H18F3N3O4/c1-2-22(32)12-5-15-19-10(7-29(15)20(30)11(12)8-33-21(22)31)17-16-9(3-4-23(17,25)26)18(27)13(24)6-14(16)28-19/h5-6,32H,2-4,7-8,27H2,1H3/t22-/m0/s1. The average Bonchev–Trinajstić information content (AvgIpc) is 3.14. The quantitative estimate of drug-likeness (QED) is 0.336. The first-order chi connectivity index (χ1) is 15.6. The molecule has 6 rings (SSSR count). The molecule has 3 aliphatic rings. The SMILES string of the molecule is CC[C@@]1(O)C(=O)OCc2c1cc1n(c2=O)Cc2c-1nc1cc(F)c(N)c3c1c2C(F)(F)CC3. The molecule has 0 saturated carbocycles. The highest BCUT2D eigenvalue weighted by Crippen LogP contribution is 2.50. The Bertz CT molecular complexity index is 1500. The lowest BCUT2D eigenvalue weighted by Crippen LogP contribution is -2.44. The van der Waals surface area contributed by atoms with E-state index in [-0.39, 0.29) is 76.2 Å². The van der Waals surface area contributed by atoms with Gasteiger partial charge in [0.05, 0.1) is 34.7 Å². The average molecular weight is 457 g/mol. The number of alkyl halides is 2. The first kappa shape index (κ1) is 20.2. The molecule has 0 radical (unpaired) electrons. The Morgan fingerprint density at radius 2 is 2.00 bits per heavy atom. The summed E-state index contributed by atoms with van der Waals surface area (Å²) in [6.07, 6.45) is -0.680. The van der Waals surface area contributed by atoms with Crippen molar-refractivity contribution in [3.8, 4) is 11.4 Å². The first-order valence-electron chi connectivity index (χ1n) is 10.6. The molecule has 1 atom stereocenters. The number of halogens is 3. The molecular formula is C23H18F3N3O4. The maximum atomic E-state index is 15.2. The second kappa shape index (κ2) is 6.13. The van der Waals surface area contributed by atoms with Gasteiger partial charge in [-0.15, -0.1) is 0 Å². The molecule has 0 saturated heterocycles. The molecule has 0 amide bonds. The van der Waals surface area contributed by atoms with Crippen LogP contribution in [0.25, 0.3) is 22.3 Å². The van der Waals surface area contributed by atoms with Gasteiger partial charge in [-0.25, -0.2) is 22.9 Å². The van der Waals surface area contributed by atoms with Crippen molar-refractivity contribution in [2.24, 2.45) is 0 Å². The van der Waals surface area contributed by atoms with Crippen LogP contribution in [0.5, 0.6) is 0 Å². The largest absolute Gasteiger partial charge is 0.458 e. The number of pyridine rings is 2. The van der Waals surface area contributed by atoms with Gasteiger partial charge in [0.2, 0.25) is 0 Å². The van der Waals surface area contributed by atoms with E-state index in [2.05, 4.69) is 4.98 Å². The maximum Gasteiger partial charge on any atom is 0.343 e. The molecule has 2 aliphatic heterocycles. The summed E-state index contributed by atoms with van der Waals surface area (Å²) in [7, 11) is 0. The highest BCUT2D eigenvalue weighted by atomic mass is 19.3. The summed E-state index contributed by atoms with van der Waals surface area (Å²) in [6.45, 7) is 1.08. The lowest BCUT2D eigenvalue weighted by molar-refractivity contribution is -0.172. The fraction of sp³-hybridized carbons (Fsp3) is 0.348. The number of aliphatic hydroxyl groups is 1. The molecular weight excluding hydrogens is 439 g/mol. The zero-order valence-electron chi connectivity index (χ0n) is 17.5. The minimum absolute atomic E-state index is 0.0219. The number of nitrogens with zero attached hydrogens (tertiary/aromatic N) is 2. The van der Waals surface area contributed by atoms with Gasteiger partial charge in [0.15, 0.2) is 5.60 Å². The van der Waals surface area contributed by atoms with Crippen LogP contribution in [-0.4, -0.2) is 20.6 Å². The predicted molar refractivity (Wildman–Crippen MR) is 111 cm³/mol. The van der Waals surface area contributed by atoms with Gasteiger partial charge < -0.3 is 20.1 Å². The third kappa shape index (κ3) is 2.36. The molecule has 2 aromatic heterocycles. The number of benzene rings is 1. The summed E-state index contributed by atoms with van der Waals surface area (Å²) in [4.78, 5) is 30.0. The minimum atomic E-state index is -3.23. The van der Waals surface area contributed by atoms with E-state index in [0.29, 0.717) is 5.56 Å². The summed E-state index contributed by atoms with van der Waals surface area (Å²) in [6, 6.07) is 2.46. The summed E-state index contributed by atoms with van der Waals surface area (Å²) >= 11 is 0. The fourth-order valence-electron chi connectivity index (χ4n) is 5.37. The number of esters is 1. The molecule has 4 heterocycles. The smallest absolute Gasteiger partial charge is 0.343 e. The minimum Gasteiger partial charge on any atom is -0.458 e. The number of nitrogens with two attached hydrogens (primary N) is 1. The highest BCUT2D eigenvalue weighted by molar-refractivity contribution is 5.95. The Morgan fingerprint density at radius 3 is 2.73 bits per heavy atom. The van der Waals surface area contributed by atoms with Crippen molar-refractivity contribution in [2.45, 2.75) is 50.9 Å². The molecule has 3 N–H and O–H groups in total. The molecule has 0 fully saturated rings. The van der Waals surface area contributed by atoms with E-state index in [1.807, 2.05) is 0 Å². The topological polar surface area (TPSA) is 107 Å². The summed E-state index contributed by atoms with van der Waals surface area (Å²) < 4.78 is 51.3. The Morgan fingerprint density at radius 1 is 1.24 bits per heavy atom. The van der Waals surface area contributed by atoms with Crippen molar-refractivity contribution in [2.75, 3.05) is 5.73 Å². The zero-order valence-corrected chi connectivity index (χ0v) is 17.5. The van der Waals surface area contributed by atoms with Gasteiger partial charge >= 0.3 is 5.97 Å². The van der Waals surface area contributed by atoms with Gasteiger partial charge in [0, 0.05) is 34.6 Å². The third-order valence-electron chi connectivity index (χ3n) is 7.13. The Balaban J connectivity index is 1.72. The molecule has 170 valence electrons. The molecule has 0 spiro atoms. The van der Waals surface area contributed by atoms with Crippen LogP contribution in [-0.2, 0) is 40.6 Å². The second-order valence-corrected chi connectivity index (χ2v) is 8.77. The van der Waals surface area contributed by atoms with Gasteiger partial charge in [-0.05, 0) is 24.5 Å². The number of anilines is 1. The first-order valence-corrected chi connectivity index (χ1v) is 10.6. The van der Waals surface area contributed by atoms with E-state index in [9.17, 15) is 19.1 Å². The number of carbonyl (C=O) groups excluding carboxylic acids is 1. The molecule has 3 aromatic rings. The normalized spacial score (nSPS) is 22.0. The summed E-state index contributed by atoms with van der Waals surface area (Å²) in [5, 5.41) is 11.1. The van der Waals surface area contributed by atoms with Gasteiger partial charge in [-0.1, -0.05) is 6.92 Å². The van der Waals surface area contributed by atoms with Crippen molar-refractivity contribution in [3.63, 3.8) is 0 Å². The molecule has 7 nitrogen and oxygen atoms in total. The molecule has 10 heteroatoms. The van der Waals surface area contributed by atoms with Gasteiger partial charge in [0.1, 0.15) is 12.4 Å².